The molecular formula is C35H34Cl2N2O4. The fraction of sp³-hybridized carbons (Fsp3) is 0.229. The molecule has 0 saturated heterocycles. The van der Waals surface area contributed by atoms with Crippen LogP contribution in [0.2, 0.25) is 0 Å². The Labute approximate surface area is 259 Å². The van der Waals surface area contributed by atoms with Gasteiger partial charge in [0.05, 0.1) is 5.41 Å². The second-order valence-corrected chi connectivity index (χ2v) is 13.1. The Balaban J connectivity index is 0.000000682. The van der Waals surface area contributed by atoms with E-state index in [-0.39, 0.29) is 10.8 Å². The topological polar surface area (TPSA) is 98.5 Å². The van der Waals surface area contributed by atoms with E-state index in [9.17, 15) is 0 Å². The first kappa shape index (κ1) is 31.0. The molecule has 222 valence electrons. The molecular weight excluding hydrogens is 583 g/mol. The zero-order valence-electron chi connectivity index (χ0n) is 25.0. The van der Waals surface area contributed by atoms with Crippen LogP contribution in [0.5, 0.6) is 0 Å². The van der Waals surface area contributed by atoms with Crippen LogP contribution in [0, 0.1) is 10.2 Å². The summed E-state index contributed by atoms with van der Waals surface area (Å²) in [5, 5.41) is 5.89. The van der Waals surface area contributed by atoms with Gasteiger partial charge in [-0.3, -0.25) is 0 Å². The van der Waals surface area contributed by atoms with Gasteiger partial charge in [0.25, 0.3) is 0 Å². The number of anilines is 1. The number of allylic oxidation sites excluding steroid dienone is 6. The average molecular weight is 618 g/mol. The van der Waals surface area contributed by atoms with Gasteiger partial charge in [0.15, 0.2) is 5.71 Å². The second kappa shape index (κ2) is 11.2. The van der Waals surface area contributed by atoms with Crippen molar-refractivity contribution in [1.29, 1.82) is 0 Å². The van der Waals surface area contributed by atoms with Crippen molar-refractivity contribution >= 4 is 50.2 Å². The Morgan fingerprint density at radius 3 is 1.93 bits per heavy atom. The molecule has 6 rings (SSSR count). The Morgan fingerprint density at radius 1 is 0.791 bits per heavy atom. The maximum atomic E-state index is 8.49. The van der Waals surface area contributed by atoms with Crippen LogP contribution in [-0.4, -0.2) is 24.4 Å². The molecule has 0 fully saturated rings. The van der Waals surface area contributed by atoms with Gasteiger partial charge in [-0.2, -0.15) is 4.58 Å². The van der Waals surface area contributed by atoms with Crippen LogP contribution in [0.25, 0.3) is 21.5 Å². The molecule has 43 heavy (non-hydrogen) atoms. The highest BCUT2D eigenvalue weighted by Gasteiger charge is 2.44. The Hall–Kier alpha value is -3.49. The summed E-state index contributed by atoms with van der Waals surface area (Å²) in [7, 11) is -0.641. The van der Waals surface area contributed by atoms with Crippen LogP contribution in [0.3, 0.4) is 0 Å². The molecule has 2 aliphatic heterocycles. The first-order valence-electron chi connectivity index (χ1n) is 13.9. The molecule has 0 N–H and O–H groups in total. The predicted octanol–water partition coefficient (Wildman–Crippen LogP) is 4.23. The fourth-order valence-electron chi connectivity index (χ4n) is 6.76. The average Bonchev–Trinajstić information content (AvgIpc) is 3.26. The lowest BCUT2D eigenvalue weighted by Gasteiger charge is -2.24. The van der Waals surface area contributed by atoms with Crippen LogP contribution in [0.4, 0.5) is 11.4 Å². The Morgan fingerprint density at radius 2 is 1.33 bits per heavy atom. The summed E-state index contributed by atoms with van der Waals surface area (Å²) in [4.78, 5) is 2.30. The molecule has 4 aromatic carbocycles. The molecule has 2 aliphatic rings. The van der Waals surface area contributed by atoms with Crippen molar-refractivity contribution in [3.63, 3.8) is 0 Å². The number of rotatable bonds is 3. The van der Waals surface area contributed by atoms with Gasteiger partial charge < -0.3 is 4.90 Å². The third kappa shape index (κ3) is 5.75. The smallest absolute Gasteiger partial charge is 0.210 e. The molecule has 4 aromatic rings. The van der Waals surface area contributed by atoms with Crippen molar-refractivity contribution in [3.8, 4) is 0 Å². The van der Waals surface area contributed by atoms with Gasteiger partial charge in [-0.25, -0.2) is 18.6 Å². The van der Waals surface area contributed by atoms with Crippen molar-refractivity contribution in [1.82, 2.24) is 0 Å². The minimum absolute atomic E-state index is 0.132. The van der Waals surface area contributed by atoms with E-state index in [4.69, 9.17) is 30.2 Å². The third-order valence-corrected chi connectivity index (χ3v) is 8.84. The fourth-order valence-corrected chi connectivity index (χ4v) is 6.89. The molecule has 8 heteroatoms. The van der Waals surface area contributed by atoms with E-state index < -0.39 is 10.2 Å². The van der Waals surface area contributed by atoms with E-state index in [1.165, 1.54) is 55.5 Å². The van der Waals surface area contributed by atoms with Crippen molar-refractivity contribution in [3.05, 3.63) is 119 Å². The molecule has 0 atom stereocenters. The quantitative estimate of drug-likeness (QED) is 0.253. The van der Waals surface area contributed by atoms with E-state index in [0.717, 1.165) is 0 Å². The van der Waals surface area contributed by atoms with E-state index in [2.05, 4.69) is 136 Å². The van der Waals surface area contributed by atoms with Crippen LogP contribution >= 0.6 is 11.6 Å². The standard InChI is InChI=1S/C35H34ClN2.ClHO4/c1-34(2)30(37(5)28-19-15-23-11-7-9-13-26(23)32(28)34)21-17-25(36)18-22-31-35(3,4)33-27-14-10-8-12-24(27)16-20-29(33)38(31)6;2-1(3,4)5/h7-22H,1-6H3;(H,2,3,4,5)/q+1;/p-1. The molecule has 6 nitrogen and oxygen atoms in total. The van der Waals surface area contributed by atoms with Gasteiger partial charge in [0, 0.05) is 46.6 Å². The largest absolute Gasteiger partial charge is 0.347 e. The molecule has 0 bridgehead atoms. The first-order valence-corrected chi connectivity index (χ1v) is 15.5. The molecule has 2 heterocycles. The van der Waals surface area contributed by atoms with Crippen molar-refractivity contribution in [2.24, 2.45) is 0 Å². The van der Waals surface area contributed by atoms with Gasteiger partial charge in [0.2, 0.25) is 5.69 Å². The monoisotopic (exact) mass is 616 g/mol. The minimum atomic E-state index is -4.94. The zero-order chi connectivity index (χ0) is 31.3. The summed E-state index contributed by atoms with van der Waals surface area (Å²) < 4.78 is 36.3. The van der Waals surface area contributed by atoms with E-state index in [0.29, 0.717) is 5.03 Å². The van der Waals surface area contributed by atoms with Crippen LogP contribution in [-0.2, 0) is 10.8 Å². The lowest BCUT2D eigenvalue weighted by Crippen LogP contribution is -2.68. The van der Waals surface area contributed by atoms with Gasteiger partial charge in [0.1, 0.15) is 7.05 Å². The van der Waals surface area contributed by atoms with Gasteiger partial charge in [-0.15, -0.1) is 10.2 Å². The SMILES string of the molecule is CN1/C(=C/C=C(Cl)/C=C/C2=[N+](C)c3ccc4ccccc4c3C2(C)C)C(C)(C)c2c1ccc1ccccc21.[O-][Cl+3]([O-])([O-])[O-]. The van der Waals surface area contributed by atoms with Gasteiger partial charge in [-0.05, 0) is 71.3 Å². The van der Waals surface area contributed by atoms with Crippen molar-refractivity contribution < 1.29 is 33.5 Å². The van der Waals surface area contributed by atoms with E-state index in [1.54, 1.807) is 0 Å². The maximum Gasteiger partial charge on any atom is 0.210 e. The number of fused-ring (bicyclic) bond motifs is 6. The summed E-state index contributed by atoms with van der Waals surface area (Å²) in [5.41, 5.74) is 7.48. The number of halogens is 2. The van der Waals surface area contributed by atoms with Crippen LogP contribution in [0.15, 0.2) is 108 Å². The molecule has 0 spiro atoms. The summed E-state index contributed by atoms with van der Waals surface area (Å²) in [5.74, 6) is 0. The lowest BCUT2D eigenvalue weighted by molar-refractivity contribution is -2.00. The second-order valence-electron chi connectivity index (χ2n) is 11.9. The van der Waals surface area contributed by atoms with E-state index >= 15 is 0 Å². The molecule has 0 amide bonds. The van der Waals surface area contributed by atoms with E-state index in [1.807, 2.05) is 12.2 Å². The highest BCUT2D eigenvalue weighted by Crippen LogP contribution is 2.50. The minimum Gasteiger partial charge on any atom is -0.347 e. The zero-order valence-corrected chi connectivity index (χ0v) is 26.5. The first-order chi connectivity index (χ1) is 20.1. The summed E-state index contributed by atoms with van der Waals surface area (Å²) >= 11 is 6.81. The van der Waals surface area contributed by atoms with Crippen LogP contribution in [0.1, 0.15) is 38.8 Å². The van der Waals surface area contributed by atoms with Gasteiger partial charge in [-0.1, -0.05) is 80.0 Å². The molecule has 0 aromatic heterocycles. The summed E-state index contributed by atoms with van der Waals surface area (Å²) in [6.45, 7) is 9.22. The van der Waals surface area contributed by atoms with Crippen LogP contribution < -0.4 is 23.5 Å². The Bertz CT molecular complexity index is 1860. The van der Waals surface area contributed by atoms with Crippen molar-refractivity contribution in [2.75, 3.05) is 19.0 Å². The number of nitrogens with zero attached hydrogens (tertiary/aromatic N) is 2. The number of hydrogen-bond donors (Lipinski definition) is 0. The maximum absolute atomic E-state index is 8.49. The number of likely N-dealkylation sites (N-methyl/N-ethyl adjacent to an activating group) is 1. The molecule has 0 radical (unpaired) electrons. The lowest BCUT2D eigenvalue weighted by atomic mass is 9.79. The molecule has 0 aliphatic carbocycles. The van der Waals surface area contributed by atoms with Crippen molar-refractivity contribution in [2.45, 2.75) is 38.5 Å². The molecule has 0 unspecified atom stereocenters. The third-order valence-electron chi connectivity index (χ3n) is 8.59. The summed E-state index contributed by atoms with van der Waals surface area (Å²) in [6.07, 6.45) is 8.42. The predicted molar refractivity (Wildman–Crippen MR) is 164 cm³/mol. The highest BCUT2D eigenvalue weighted by molar-refractivity contribution is 6.31. The highest BCUT2D eigenvalue weighted by atomic mass is 35.7. The Kier molecular flexibility index (Phi) is 8.07. The molecule has 0 saturated carbocycles. The van der Waals surface area contributed by atoms with Gasteiger partial charge >= 0.3 is 0 Å². The normalized spacial score (nSPS) is 18.4. The number of hydrogen-bond acceptors (Lipinski definition) is 5. The summed E-state index contributed by atoms with van der Waals surface area (Å²) in [6, 6.07) is 26.2. The number of benzene rings is 4.